The molecule has 110 valence electrons. The highest BCUT2D eigenvalue weighted by Crippen LogP contribution is 2.17. The van der Waals surface area contributed by atoms with Gasteiger partial charge in [0.1, 0.15) is 5.69 Å². The van der Waals surface area contributed by atoms with Crippen molar-refractivity contribution in [1.82, 2.24) is 15.2 Å². The third kappa shape index (κ3) is 3.93. The smallest absolute Gasteiger partial charge is 0.270 e. The van der Waals surface area contributed by atoms with Crippen molar-refractivity contribution < 1.29 is 4.79 Å². The normalized spacial score (nSPS) is 19.4. The molecule has 0 aliphatic carbocycles. The van der Waals surface area contributed by atoms with Crippen molar-refractivity contribution in [2.45, 2.75) is 32.7 Å². The summed E-state index contributed by atoms with van der Waals surface area (Å²) in [5, 5.41) is 3.43. The van der Waals surface area contributed by atoms with Crippen LogP contribution in [0, 0.1) is 5.92 Å². The zero-order valence-corrected chi connectivity index (χ0v) is 12.2. The molecule has 1 saturated heterocycles. The van der Waals surface area contributed by atoms with Crippen LogP contribution in [0.2, 0.25) is 0 Å². The molecule has 0 saturated carbocycles. The first kappa shape index (κ1) is 14.8. The fourth-order valence-corrected chi connectivity index (χ4v) is 2.56. The fourth-order valence-electron chi connectivity index (χ4n) is 2.56. The Bertz CT molecular complexity index is 510. The van der Waals surface area contributed by atoms with Crippen LogP contribution in [0.3, 0.4) is 0 Å². The van der Waals surface area contributed by atoms with Crippen molar-refractivity contribution >= 4 is 5.91 Å². The summed E-state index contributed by atoms with van der Waals surface area (Å²) in [7, 11) is 0. The Kier molecular flexibility index (Phi) is 4.95. The molecule has 1 atom stereocenters. The molecule has 0 aromatic carbocycles. The molecule has 2 rings (SSSR count). The van der Waals surface area contributed by atoms with Gasteiger partial charge in [-0.2, -0.15) is 0 Å². The Morgan fingerprint density at radius 1 is 1.50 bits per heavy atom. The number of aromatic amines is 1. The van der Waals surface area contributed by atoms with Gasteiger partial charge in [0.15, 0.2) is 0 Å². The zero-order valence-electron chi connectivity index (χ0n) is 12.2. The van der Waals surface area contributed by atoms with Gasteiger partial charge in [-0.3, -0.25) is 9.59 Å². The predicted octanol–water partition coefficient (Wildman–Crippen LogP) is 1.23. The van der Waals surface area contributed by atoms with Crippen LogP contribution < -0.4 is 10.9 Å². The predicted molar refractivity (Wildman–Crippen MR) is 78.8 cm³/mol. The third-order valence-corrected chi connectivity index (χ3v) is 3.62. The number of nitrogens with zero attached hydrogens (tertiary/aromatic N) is 1. The number of rotatable bonds is 4. The largest absolute Gasteiger partial charge is 0.337 e. The van der Waals surface area contributed by atoms with E-state index in [0.717, 1.165) is 32.5 Å². The van der Waals surface area contributed by atoms with Gasteiger partial charge in [0.2, 0.25) is 5.56 Å². The summed E-state index contributed by atoms with van der Waals surface area (Å²) in [6.45, 7) is 6.72. The number of likely N-dealkylation sites (tertiary alicyclic amines) is 1. The summed E-state index contributed by atoms with van der Waals surface area (Å²) in [5.74, 6) is 0.419. The average molecular weight is 277 g/mol. The zero-order chi connectivity index (χ0) is 14.5. The Balaban J connectivity index is 1.98. The number of hydrogen-bond acceptors (Lipinski definition) is 3. The van der Waals surface area contributed by atoms with Gasteiger partial charge in [-0.25, -0.2) is 0 Å². The first-order valence-electron chi connectivity index (χ1n) is 7.28. The number of H-pyrrole nitrogens is 1. The summed E-state index contributed by atoms with van der Waals surface area (Å²) in [4.78, 5) is 28.1. The summed E-state index contributed by atoms with van der Waals surface area (Å²) in [5.41, 5.74) is 0.154. The maximum absolute atomic E-state index is 12.4. The molecular formula is C15H23N3O2. The molecule has 5 heteroatoms. The second kappa shape index (κ2) is 6.70. The molecule has 1 aromatic heterocycles. The molecule has 0 bridgehead atoms. The van der Waals surface area contributed by atoms with Gasteiger partial charge in [0.05, 0.1) is 0 Å². The van der Waals surface area contributed by atoms with E-state index in [1.807, 2.05) is 4.90 Å². The number of piperidine rings is 1. The molecule has 0 radical (unpaired) electrons. The first-order valence-corrected chi connectivity index (χ1v) is 7.28. The minimum absolute atomic E-state index is 0.0723. The third-order valence-electron chi connectivity index (χ3n) is 3.62. The van der Waals surface area contributed by atoms with E-state index in [0.29, 0.717) is 17.7 Å². The lowest BCUT2D eigenvalue weighted by Crippen LogP contribution is -2.44. The van der Waals surface area contributed by atoms with Crippen molar-refractivity contribution in [3.63, 3.8) is 0 Å². The standard InChI is InChI=1S/C15H23N3O2/c1-11(2)16-9-12-5-4-8-18(10-12)15(20)13-6-3-7-14(19)17-13/h3,6-7,11-12,16H,4-5,8-10H2,1-2H3,(H,17,19). The minimum atomic E-state index is -0.231. The van der Waals surface area contributed by atoms with Crippen LogP contribution in [-0.2, 0) is 0 Å². The molecule has 5 nitrogen and oxygen atoms in total. The molecule has 1 fully saturated rings. The topological polar surface area (TPSA) is 65.2 Å². The first-order chi connectivity index (χ1) is 9.56. The molecule has 0 spiro atoms. The van der Waals surface area contributed by atoms with Crippen LogP contribution in [0.1, 0.15) is 37.2 Å². The van der Waals surface area contributed by atoms with E-state index in [1.54, 1.807) is 12.1 Å². The van der Waals surface area contributed by atoms with E-state index in [-0.39, 0.29) is 11.5 Å². The summed E-state index contributed by atoms with van der Waals surface area (Å²) < 4.78 is 0. The summed E-state index contributed by atoms with van der Waals surface area (Å²) >= 11 is 0. The lowest BCUT2D eigenvalue weighted by atomic mass is 9.97. The van der Waals surface area contributed by atoms with Crippen molar-refractivity contribution in [3.8, 4) is 0 Å². The highest BCUT2D eigenvalue weighted by atomic mass is 16.2. The molecule has 1 unspecified atom stereocenters. The number of nitrogens with one attached hydrogen (secondary N) is 2. The Morgan fingerprint density at radius 3 is 3.00 bits per heavy atom. The van der Waals surface area contributed by atoms with Gasteiger partial charge in [-0.15, -0.1) is 0 Å². The lowest BCUT2D eigenvalue weighted by molar-refractivity contribution is 0.0666. The average Bonchev–Trinajstić information content (AvgIpc) is 2.44. The second-order valence-corrected chi connectivity index (χ2v) is 5.75. The summed E-state index contributed by atoms with van der Waals surface area (Å²) in [6.07, 6.45) is 2.17. The molecule has 1 aliphatic heterocycles. The maximum atomic E-state index is 12.4. The van der Waals surface area contributed by atoms with Gasteiger partial charge in [0.25, 0.3) is 5.91 Å². The van der Waals surface area contributed by atoms with Crippen molar-refractivity contribution in [3.05, 3.63) is 34.2 Å². The molecular weight excluding hydrogens is 254 g/mol. The number of pyridine rings is 1. The van der Waals surface area contributed by atoms with Crippen molar-refractivity contribution in [2.24, 2.45) is 5.92 Å². The molecule has 2 heterocycles. The lowest BCUT2D eigenvalue weighted by Gasteiger charge is -2.33. The van der Waals surface area contributed by atoms with Gasteiger partial charge in [-0.05, 0) is 31.4 Å². The van der Waals surface area contributed by atoms with Crippen LogP contribution >= 0.6 is 0 Å². The van der Waals surface area contributed by atoms with Gasteiger partial charge < -0.3 is 15.2 Å². The minimum Gasteiger partial charge on any atom is -0.337 e. The van der Waals surface area contributed by atoms with E-state index >= 15 is 0 Å². The molecule has 1 amide bonds. The van der Waals surface area contributed by atoms with Crippen molar-refractivity contribution in [2.75, 3.05) is 19.6 Å². The van der Waals surface area contributed by atoms with E-state index in [1.165, 1.54) is 6.07 Å². The number of carbonyl (C=O) groups excluding carboxylic acids is 1. The van der Waals surface area contributed by atoms with Crippen LogP contribution in [0.5, 0.6) is 0 Å². The summed E-state index contributed by atoms with van der Waals surface area (Å²) in [6, 6.07) is 5.17. The molecule has 2 N–H and O–H groups in total. The highest BCUT2D eigenvalue weighted by molar-refractivity contribution is 5.92. The van der Waals surface area contributed by atoms with E-state index in [4.69, 9.17) is 0 Å². The molecule has 20 heavy (non-hydrogen) atoms. The quantitative estimate of drug-likeness (QED) is 0.870. The molecule has 1 aliphatic rings. The number of amides is 1. The molecule has 1 aromatic rings. The van der Waals surface area contributed by atoms with Crippen LogP contribution in [0.4, 0.5) is 0 Å². The van der Waals surface area contributed by atoms with Crippen LogP contribution in [-0.4, -0.2) is 41.5 Å². The van der Waals surface area contributed by atoms with Gasteiger partial charge in [0, 0.05) is 25.2 Å². The van der Waals surface area contributed by atoms with Crippen LogP contribution in [0.15, 0.2) is 23.0 Å². The monoisotopic (exact) mass is 277 g/mol. The SMILES string of the molecule is CC(C)NCC1CCCN(C(=O)c2cccc(=O)[nH]2)C1. The fraction of sp³-hybridized carbons (Fsp3) is 0.600. The second-order valence-electron chi connectivity index (χ2n) is 5.75. The van der Waals surface area contributed by atoms with E-state index < -0.39 is 0 Å². The highest BCUT2D eigenvalue weighted by Gasteiger charge is 2.24. The number of hydrogen-bond donors (Lipinski definition) is 2. The van der Waals surface area contributed by atoms with Crippen molar-refractivity contribution in [1.29, 1.82) is 0 Å². The van der Waals surface area contributed by atoms with E-state index in [2.05, 4.69) is 24.1 Å². The van der Waals surface area contributed by atoms with E-state index in [9.17, 15) is 9.59 Å². The Labute approximate surface area is 119 Å². The Morgan fingerprint density at radius 2 is 2.30 bits per heavy atom. The van der Waals surface area contributed by atoms with Gasteiger partial charge in [-0.1, -0.05) is 19.9 Å². The Hall–Kier alpha value is -1.62. The van der Waals surface area contributed by atoms with Gasteiger partial charge >= 0.3 is 0 Å². The van der Waals surface area contributed by atoms with Crippen LogP contribution in [0.25, 0.3) is 0 Å². The number of carbonyl (C=O) groups is 1. The number of aromatic nitrogens is 1. The maximum Gasteiger partial charge on any atom is 0.270 e.